The standard InChI is InChI=1S/C11H13NO3/c1-2-9-11(14-5-4-13-9)10(3-1)15-8-6-12-7-8/h1-3,8,12H,4-7H2. The summed E-state index contributed by atoms with van der Waals surface area (Å²) in [5.41, 5.74) is 0. The molecular formula is C11H13NO3. The smallest absolute Gasteiger partial charge is 0.203 e. The van der Waals surface area contributed by atoms with Crippen LogP contribution in [0.2, 0.25) is 0 Å². The molecule has 3 rings (SSSR count). The summed E-state index contributed by atoms with van der Waals surface area (Å²) in [5.74, 6) is 2.32. The minimum absolute atomic E-state index is 0.266. The van der Waals surface area contributed by atoms with Crippen LogP contribution in [-0.2, 0) is 0 Å². The average molecular weight is 207 g/mol. The van der Waals surface area contributed by atoms with E-state index in [1.807, 2.05) is 18.2 Å². The minimum Gasteiger partial charge on any atom is -0.486 e. The molecule has 0 bridgehead atoms. The summed E-state index contributed by atoms with van der Waals surface area (Å²) in [7, 11) is 0. The molecule has 0 amide bonds. The van der Waals surface area contributed by atoms with Gasteiger partial charge in [0.2, 0.25) is 5.75 Å². The van der Waals surface area contributed by atoms with Gasteiger partial charge >= 0.3 is 0 Å². The molecular weight excluding hydrogens is 194 g/mol. The first-order valence-corrected chi connectivity index (χ1v) is 5.19. The molecule has 1 aromatic carbocycles. The van der Waals surface area contributed by atoms with E-state index < -0.39 is 0 Å². The molecule has 1 N–H and O–H groups in total. The van der Waals surface area contributed by atoms with E-state index in [9.17, 15) is 0 Å². The van der Waals surface area contributed by atoms with Crippen LogP contribution in [0.5, 0.6) is 17.2 Å². The zero-order valence-corrected chi connectivity index (χ0v) is 8.36. The maximum atomic E-state index is 5.78. The molecule has 4 nitrogen and oxygen atoms in total. The van der Waals surface area contributed by atoms with Crippen molar-refractivity contribution in [3.8, 4) is 17.2 Å². The molecule has 80 valence electrons. The van der Waals surface area contributed by atoms with Crippen LogP contribution in [0.1, 0.15) is 0 Å². The quantitative estimate of drug-likeness (QED) is 0.779. The van der Waals surface area contributed by atoms with Gasteiger partial charge in [-0.05, 0) is 12.1 Å². The van der Waals surface area contributed by atoms with Gasteiger partial charge in [-0.2, -0.15) is 0 Å². The summed E-state index contributed by atoms with van der Waals surface area (Å²) in [4.78, 5) is 0. The maximum Gasteiger partial charge on any atom is 0.203 e. The number of ether oxygens (including phenoxy) is 3. The van der Waals surface area contributed by atoms with E-state index in [0.29, 0.717) is 13.2 Å². The molecule has 2 heterocycles. The van der Waals surface area contributed by atoms with Crippen molar-refractivity contribution < 1.29 is 14.2 Å². The Morgan fingerprint density at radius 1 is 1.20 bits per heavy atom. The molecule has 1 fully saturated rings. The second kappa shape index (κ2) is 3.62. The minimum atomic E-state index is 0.266. The van der Waals surface area contributed by atoms with Crippen molar-refractivity contribution in [2.24, 2.45) is 0 Å². The van der Waals surface area contributed by atoms with Gasteiger partial charge in [-0.1, -0.05) is 6.07 Å². The highest BCUT2D eigenvalue weighted by atomic mass is 16.6. The van der Waals surface area contributed by atoms with Crippen LogP contribution in [0.25, 0.3) is 0 Å². The van der Waals surface area contributed by atoms with Gasteiger partial charge in [0.05, 0.1) is 0 Å². The van der Waals surface area contributed by atoms with E-state index in [4.69, 9.17) is 14.2 Å². The summed E-state index contributed by atoms with van der Waals surface area (Å²) in [6, 6.07) is 5.75. The molecule has 0 aromatic heterocycles. The lowest BCUT2D eigenvalue weighted by molar-refractivity contribution is 0.121. The Balaban J connectivity index is 1.85. The van der Waals surface area contributed by atoms with Crippen molar-refractivity contribution in [1.82, 2.24) is 5.32 Å². The number of fused-ring (bicyclic) bond motifs is 1. The van der Waals surface area contributed by atoms with Crippen LogP contribution in [0.3, 0.4) is 0 Å². The Kier molecular flexibility index (Phi) is 2.14. The normalized spacial score (nSPS) is 19.5. The maximum absolute atomic E-state index is 5.78. The second-order valence-corrected chi connectivity index (χ2v) is 3.68. The molecule has 1 saturated heterocycles. The molecule has 1 aromatic rings. The van der Waals surface area contributed by atoms with E-state index in [0.717, 1.165) is 30.3 Å². The van der Waals surface area contributed by atoms with Crippen molar-refractivity contribution in [2.75, 3.05) is 26.3 Å². The van der Waals surface area contributed by atoms with E-state index in [1.165, 1.54) is 0 Å². The van der Waals surface area contributed by atoms with Crippen molar-refractivity contribution in [1.29, 1.82) is 0 Å². The van der Waals surface area contributed by atoms with Gasteiger partial charge < -0.3 is 19.5 Å². The first-order valence-electron chi connectivity index (χ1n) is 5.19. The Morgan fingerprint density at radius 3 is 2.87 bits per heavy atom. The summed E-state index contributed by atoms with van der Waals surface area (Å²) in [5, 5.41) is 3.16. The highest BCUT2D eigenvalue weighted by molar-refractivity contribution is 5.51. The molecule has 0 atom stereocenters. The van der Waals surface area contributed by atoms with E-state index in [2.05, 4.69) is 5.32 Å². The van der Waals surface area contributed by atoms with Crippen molar-refractivity contribution >= 4 is 0 Å². The molecule has 2 aliphatic rings. The fourth-order valence-electron chi connectivity index (χ4n) is 1.66. The summed E-state index contributed by atoms with van der Waals surface area (Å²) < 4.78 is 16.8. The average Bonchev–Trinajstić information content (AvgIpc) is 2.23. The van der Waals surface area contributed by atoms with Gasteiger partial charge in [0.1, 0.15) is 19.3 Å². The van der Waals surface area contributed by atoms with E-state index in [1.54, 1.807) is 0 Å². The predicted octanol–water partition coefficient (Wildman–Crippen LogP) is 0.808. The third-order valence-corrected chi connectivity index (χ3v) is 2.57. The zero-order chi connectivity index (χ0) is 10.1. The third-order valence-electron chi connectivity index (χ3n) is 2.57. The van der Waals surface area contributed by atoms with Crippen molar-refractivity contribution in [3.63, 3.8) is 0 Å². The highest BCUT2D eigenvalue weighted by Gasteiger charge is 2.23. The molecule has 0 unspecified atom stereocenters. The van der Waals surface area contributed by atoms with Crippen LogP contribution in [0, 0.1) is 0 Å². The number of nitrogens with one attached hydrogen (secondary N) is 1. The largest absolute Gasteiger partial charge is 0.486 e. The number of para-hydroxylation sites is 1. The fourth-order valence-corrected chi connectivity index (χ4v) is 1.66. The number of hydrogen-bond donors (Lipinski definition) is 1. The molecule has 2 aliphatic heterocycles. The molecule has 15 heavy (non-hydrogen) atoms. The van der Waals surface area contributed by atoms with Gasteiger partial charge in [0, 0.05) is 13.1 Å². The van der Waals surface area contributed by atoms with Gasteiger partial charge in [-0.3, -0.25) is 0 Å². The second-order valence-electron chi connectivity index (χ2n) is 3.68. The third kappa shape index (κ3) is 1.61. The van der Waals surface area contributed by atoms with Gasteiger partial charge in [0.25, 0.3) is 0 Å². The Morgan fingerprint density at radius 2 is 2.07 bits per heavy atom. The zero-order valence-electron chi connectivity index (χ0n) is 8.36. The fraction of sp³-hybridized carbons (Fsp3) is 0.455. The van der Waals surface area contributed by atoms with Crippen LogP contribution >= 0.6 is 0 Å². The monoisotopic (exact) mass is 207 g/mol. The SMILES string of the molecule is c1cc2c(c(OC3CNC3)c1)OCCO2. The van der Waals surface area contributed by atoms with Crippen molar-refractivity contribution in [3.05, 3.63) is 18.2 Å². The van der Waals surface area contributed by atoms with E-state index in [-0.39, 0.29) is 6.10 Å². The topological polar surface area (TPSA) is 39.7 Å². The lowest BCUT2D eigenvalue weighted by atomic mass is 10.2. The summed E-state index contributed by atoms with van der Waals surface area (Å²) in [6.45, 7) is 3.02. The first-order chi connectivity index (χ1) is 7.43. The Hall–Kier alpha value is -1.42. The number of hydrogen-bond acceptors (Lipinski definition) is 4. The molecule has 0 radical (unpaired) electrons. The number of rotatable bonds is 2. The molecule has 4 heteroatoms. The van der Waals surface area contributed by atoms with Crippen LogP contribution < -0.4 is 19.5 Å². The summed E-state index contributed by atoms with van der Waals surface area (Å²) >= 11 is 0. The van der Waals surface area contributed by atoms with E-state index >= 15 is 0 Å². The highest BCUT2D eigenvalue weighted by Crippen LogP contribution is 2.39. The lowest BCUT2D eigenvalue weighted by Gasteiger charge is -2.29. The van der Waals surface area contributed by atoms with Crippen molar-refractivity contribution in [2.45, 2.75) is 6.10 Å². The van der Waals surface area contributed by atoms with Gasteiger partial charge in [0.15, 0.2) is 11.5 Å². The number of benzene rings is 1. The van der Waals surface area contributed by atoms with Crippen LogP contribution in [0.15, 0.2) is 18.2 Å². The first kappa shape index (κ1) is 8.85. The van der Waals surface area contributed by atoms with Gasteiger partial charge in [-0.15, -0.1) is 0 Å². The summed E-state index contributed by atoms with van der Waals surface area (Å²) in [6.07, 6.45) is 0.266. The molecule has 0 saturated carbocycles. The molecule has 0 spiro atoms. The van der Waals surface area contributed by atoms with Crippen LogP contribution in [0.4, 0.5) is 0 Å². The lowest BCUT2D eigenvalue weighted by Crippen LogP contribution is -2.50. The Labute approximate surface area is 88.1 Å². The van der Waals surface area contributed by atoms with Crippen LogP contribution in [-0.4, -0.2) is 32.4 Å². The Bertz CT molecular complexity index is 363. The molecule has 0 aliphatic carbocycles. The van der Waals surface area contributed by atoms with Gasteiger partial charge in [-0.25, -0.2) is 0 Å². The predicted molar refractivity (Wildman–Crippen MR) is 54.7 cm³/mol.